The summed E-state index contributed by atoms with van der Waals surface area (Å²) in [5.74, 6) is -1.01. The molecule has 1 aromatic carbocycles. The summed E-state index contributed by atoms with van der Waals surface area (Å²) in [5, 5.41) is 11.7. The van der Waals surface area contributed by atoms with Crippen LogP contribution >= 0.6 is 11.6 Å². The molecule has 0 aliphatic rings. The van der Waals surface area contributed by atoms with Gasteiger partial charge in [0.15, 0.2) is 0 Å². The van der Waals surface area contributed by atoms with Crippen LogP contribution in [0.15, 0.2) is 24.3 Å². The van der Waals surface area contributed by atoms with E-state index in [2.05, 4.69) is 5.32 Å². The fourth-order valence-corrected chi connectivity index (χ4v) is 1.63. The summed E-state index contributed by atoms with van der Waals surface area (Å²) in [6, 6.07) is 7.52. The molecule has 0 spiro atoms. The van der Waals surface area contributed by atoms with Gasteiger partial charge >= 0.3 is 5.97 Å². The Hall–Kier alpha value is -1.55. The quantitative estimate of drug-likeness (QED) is 0.798. The van der Waals surface area contributed by atoms with Crippen LogP contribution in [0.4, 0.5) is 0 Å². The van der Waals surface area contributed by atoms with E-state index in [-0.39, 0.29) is 18.9 Å². The van der Waals surface area contributed by atoms with Crippen LogP contribution in [0, 0.1) is 0 Å². The lowest BCUT2D eigenvalue weighted by Gasteiger charge is -2.04. The summed E-state index contributed by atoms with van der Waals surface area (Å²) in [5.41, 5.74) is 1.14. The highest BCUT2D eigenvalue weighted by molar-refractivity contribution is 6.30. The van der Waals surface area contributed by atoms with E-state index in [9.17, 15) is 9.59 Å². The van der Waals surface area contributed by atoms with Gasteiger partial charge in [0.05, 0.1) is 6.42 Å². The summed E-state index contributed by atoms with van der Waals surface area (Å²) in [7, 11) is 0. The number of hydrogen-bond acceptors (Lipinski definition) is 2. The number of benzene rings is 1. The summed E-state index contributed by atoms with van der Waals surface area (Å²) in [6.07, 6.45) is 1.91. The predicted molar refractivity (Wildman–Crippen MR) is 69.7 cm³/mol. The Labute approximate surface area is 111 Å². The van der Waals surface area contributed by atoms with Gasteiger partial charge in [0, 0.05) is 18.0 Å². The van der Waals surface area contributed by atoms with Crippen molar-refractivity contribution in [2.24, 2.45) is 0 Å². The number of halogens is 1. The second-order valence-electron chi connectivity index (χ2n) is 3.97. The molecule has 0 fully saturated rings. The Morgan fingerprint density at radius 2 is 1.83 bits per heavy atom. The van der Waals surface area contributed by atoms with E-state index in [1.807, 2.05) is 24.3 Å². The number of amides is 1. The van der Waals surface area contributed by atoms with Crippen molar-refractivity contribution in [3.05, 3.63) is 34.9 Å². The average molecular weight is 270 g/mol. The van der Waals surface area contributed by atoms with Gasteiger partial charge in [-0.15, -0.1) is 0 Å². The molecule has 0 aliphatic carbocycles. The van der Waals surface area contributed by atoms with Gasteiger partial charge in [-0.2, -0.15) is 0 Å². The first-order valence-electron chi connectivity index (χ1n) is 5.81. The number of carbonyl (C=O) groups is 2. The monoisotopic (exact) mass is 269 g/mol. The first-order chi connectivity index (χ1) is 8.58. The number of carbonyl (C=O) groups excluding carboxylic acids is 1. The van der Waals surface area contributed by atoms with E-state index < -0.39 is 5.97 Å². The van der Waals surface area contributed by atoms with E-state index in [4.69, 9.17) is 16.7 Å². The summed E-state index contributed by atoms with van der Waals surface area (Å²) >= 11 is 5.77. The van der Waals surface area contributed by atoms with Gasteiger partial charge in [0.25, 0.3) is 0 Å². The molecule has 1 rings (SSSR count). The maximum absolute atomic E-state index is 11.3. The molecule has 1 aromatic rings. The van der Waals surface area contributed by atoms with E-state index in [0.29, 0.717) is 11.4 Å². The van der Waals surface area contributed by atoms with E-state index in [0.717, 1.165) is 18.4 Å². The van der Waals surface area contributed by atoms with Gasteiger partial charge in [-0.3, -0.25) is 9.59 Å². The van der Waals surface area contributed by atoms with Gasteiger partial charge < -0.3 is 10.4 Å². The first-order valence-corrected chi connectivity index (χ1v) is 6.18. The fraction of sp³-hybridized carbons (Fsp3) is 0.385. The van der Waals surface area contributed by atoms with Gasteiger partial charge in [-0.1, -0.05) is 23.7 Å². The molecule has 0 unspecified atom stereocenters. The van der Waals surface area contributed by atoms with Crippen molar-refractivity contribution in [1.82, 2.24) is 5.32 Å². The minimum absolute atomic E-state index is 0.0388. The average Bonchev–Trinajstić information content (AvgIpc) is 2.31. The fourth-order valence-electron chi connectivity index (χ4n) is 1.50. The van der Waals surface area contributed by atoms with Gasteiger partial charge in [-0.05, 0) is 30.5 Å². The van der Waals surface area contributed by atoms with Gasteiger partial charge in [0.2, 0.25) is 5.91 Å². The standard InChI is InChI=1S/C13H16ClNO3/c14-11-6-4-10(5-7-11)2-1-3-12(16)15-9-8-13(17)18/h4-7H,1-3,8-9H2,(H,15,16)(H,17,18). The number of hydrogen-bond donors (Lipinski definition) is 2. The first kappa shape index (κ1) is 14.5. The zero-order valence-electron chi connectivity index (χ0n) is 9.99. The van der Waals surface area contributed by atoms with Crippen molar-refractivity contribution in [2.45, 2.75) is 25.7 Å². The molecular weight excluding hydrogens is 254 g/mol. The van der Waals surface area contributed by atoms with Crippen molar-refractivity contribution in [3.63, 3.8) is 0 Å². The van der Waals surface area contributed by atoms with Crippen molar-refractivity contribution in [2.75, 3.05) is 6.54 Å². The normalized spacial score (nSPS) is 10.1. The number of nitrogens with one attached hydrogen (secondary N) is 1. The highest BCUT2D eigenvalue weighted by atomic mass is 35.5. The molecule has 98 valence electrons. The largest absolute Gasteiger partial charge is 0.481 e. The van der Waals surface area contributed by atoms with Crippen molar-refractivity contribution in [1.29, 1.82) is 0 Å². The second-order valence-corrected chi connectivity index (χ2v) is 4.41. The number of aryl methyl sites for hydroxylation is 1. The predicted octanol–water partition coefficient (Wildman–Crippen LogP) is 2.25. The van der Waals surface area contributed by atoms with Crippen molar-refractivity contribution < 1.29 is 14.7 Å². The number of rotatable bonds is 7. The van der Waals surface area contributed by atoms with Crippen LogP contribution < -0.4 is 5.32 Å². The molecule has 0 bridgehead atoms. The number of carboxylic acid groups (broad SMARTS) is 1. The molecule has 2 N–H and O–H groups in total. The summed E-state index contributed by atoms with van der Waals surface area (Å²) in [6.45, 7) is 0.190. The molecule has 0 atom stereocenters. The van der Waals surface area contributed by atoms with Crippen LogP contribution in [0.5, 0.6) is 0 Å². The zero-order chi connectivity index (χ0) is 13.4. The van der Waals surface area contributed by atoms with Crippen LogP contribution in [0.2, 0.25) is 5.02 Å². The van der Waals surface area contributed by atoms with Crippen LogP contribution in [-0.4, -0.2) is 23.5 Å². The Bertz CT molecular complexity index is 403. The molecule has 0 aromatic heterocycles. The van der Waals surface area contributed by atoms with Crippen LogP contribution in [0.1, 0.15) is 24.8 Å². The molecule has 0 heterocycles. The minimum Gasteiger partial charge on any atom is -0.481 e. The molecule has 0 saturated heterocycles. The SMILES string of the molecule is O=C(O)CCNC(=O)CCCc1ccc(Cl)cc1. The maximum atomic E-state index is 11.3. The van der Waals surface area contributed by atoms with E-state index in [1.165, 1.54) is 0 Å². The van der Waals surface area contributed by atoms with Crippen molar-refractivity contribution in [3.8, 4) is 0 Å². The van der Waals surface area contributed by atoms with Gasteiger partial charge in [0.1, 0.15) is 0 Å². The Morgan fingerprint density at radius 3 is 2.44 bits per heavy atom. The number of aliphatic carboxylic acids is 1. The minimum atomic E-state index is -0.906. The highest BCUT2D eigenvalue weighted by Gasteiger charge is 2.03. The molecule has 5 heteroatoms. The Kier molecular flexibility index (Phi) is 6.22. The Morgan fingerprint density at radius 1 is 1.17 bits per heavy atom. The van der Waals surface area contributed by atoms with Crippen molar-refractivity contribution >= 4 is 23.5 Å². The third-order valence-electron chi connectivity index (χ3n) is 2.44. The number of carboxylic acids is 1. The zero-order valence-corrected chi connectivity index (χ0v) is 10.7. The van der Waals surface area contributed by atoms with E-state index in [1.54, 1.807) is 0 Å². The molecule has 0 aliphatic heterocycles. The van der Waals surface area contributed by atoms with E-state index >= 15 is 0 Å². The third-order valence-corrected chi connectivity index (χ3v) is 2.70. The molecule has 1 amide bonds. The molecule has 0 radical (unpaired) electrons. The second kappa shape index (κ2) is 7.71. The lowest BCUT2D eigenvalue weighted by atomic mass is 10.1. The molecule has 4 nitrogen and oxygen atoms in total. The summed E-state index contributed by atoms with van der Waals surface area (Å²) < 4.78 is 0. The lowest BCUT2D eigenvalue weighted by Crippen LogP contribution is -2.25. The highest BCUT2D eigenvalue weighted by Crippen LogP contribution is 2.11. The third kappa shape index (κ3) is 6.25. The maximum Gasteiger partial charge on any atom is 0.305 e. The molecular formula is C13H16ClNO3. The van der Waals surface area contributed by atoms with Crippen LogP contribution in [0.3, 0.4) is 0 Å². The van der Waals surface area contributed by atoms with Crippen LogP contribution in [0.25, 0.3) is 0 Å². The van der Waals surface area contributed by atoms with Gasteiger partial charge in [-0.25, -0.2) is 0 Å². The Balaban J connectivity index is 2.15. The molecule has 18 heavy (non-hydrogen) atoms. The lowest BCUT2D eigenvalue weighted by molar-refractivity contribution is -0.136. The topological polar surface area (TPSA) is 66.4 Å². The molecule has 0 saturated carbocycles. The summed E-state index contributed by atoms with van der Waals surface area (Å²) in [4.78, 5) is 21.6. The smallest absolute Gasteiger partial charge is 0.305 e. The van der Waals surface area contributed by atoms with Crippen LogP contribution in [-0.2, 0) is 16.0 Å².